The zero-order valence-electron chi connectivity index (χ0n) is 24.7. The molecule has 0 aliphatic rings. The van der Waals surface area contributed by atoms with Gasteiger partial charge in [-0.25, -0.2) is 9.29 Å². The van der Waals surface area contributed by atoms with Crippen LogP contribution in [0, 0.1) is 17.3 Å². The number of hydrogen-bond acceptors (Lipinski definition) is 6. The second-order valence-electron chi connectivity index (χ2n) is 10.5. The summed E-state index contributed by atoms with van der Waals surface area (Å²) in [6.45, 7) is 3.79. The number of nitriles is 1. The SMILES string of the molecule is COC(=O)CC(O)CC(O)C=Cc1c(-c2ccc(F)cc2)c(-c2ccccc2)c(C(=O)N(C#N)c2ccccc2)n1C(C)C. The van der Waals surface area contributed by atoms with Crippen LogP contribution in [0.3, 0.4) is 0 Å². The van der Waals surface area contributed by atoms with E-state index < -0.39 is 29.9 Å². The third-order valence-electron chi connectivity index (χ3n) is 7.09. The zero-order chi connectivity index (χ0) is 31.8. The predicted octanol–water partition coefficient (Wildman–Crippen LogP) is 6.36. The van der Waals surface area contributed by atoms with Gasteiger partial charge in [-0.05, 0) is 55.3 Å². The first kappa shape index (κ1) is 31.9. The van der Waals surface area contributed by atoms with Crippen molar-refractivity contribution in [2.45, 2.75) is 44.9 Å². The number of hydrogen-bond donors (Lipinski definition) is 2. The number of halogens is 1. The fraction of sp³-hybridized carbons (Fsp3) is 0.229. The quantitative estimate of drug-likeness (QED) is 0.118. The topological polar surface area (TPSA) is 116 Å². The maximum absolute atomic E-state index is 14.4. The summed E-state index contributed by atoms with van der Waals surface area (Å²) in [5, 5.41) is 31.2. The lowest BCUT2D eigenvalue weighted by molar-refractivity contribution is -0.143. The molecule has 0 spiro atoms. The highest BCUT2D eigenvalue weighted by Crippen LogP contribution is 2.43. The van der Waals surface area contributed by atoms with Crippen molar-refractivity contribution < 1.29 is 28.9 Å². The van der Waals surface area contributed by atoms with Crippen molar-refractivity contribution in [2.75, 3.05) is 12.0 Å². The molecule has 3 aromatic carbocycles. The van der Waals surface area contributed by atoms with Crippen molar-refractivity contribution in [1.29, 1.82) is 5.26 Å². The van der Waals surface area contributed by atoms with Crippen LogP contribution < -0.4 is 4.90 Å². The third-order valence-corrected chi connectivity index (χ3v) is 7.09. The molecule has 8 nitrogen and oxygen atoms in total. The Kier molecular flexibility index (Phi) is 10.5. The molecule has 2 atom stereocenters. The van der Waals surface area contributed by atoms with E-state index in [1.165, 1.54) is 25.3 Å². The fourth-order valence-electron chi connectivity index (χ4n) is 5.13. The van der Waals surface area contributed by atoms with Gasteiger partial charge in [0.15, 0.2) is 6.19 Å². The molecule has 226 valence electrons. The lowest BCUT2D eigenvalue weighted by Crippen LogP contribution is -2.29. The van der Waals surface area contributed by atoms with Gasteiger partial charge < -0.3 is 19.5 Å². The number of nitrogens with zero attached hydrogens (tertiary/aromatic N) is 3. The van der Waals surface area contributed by atoms with Gasteiger partial charge in [-0.1, -0.05) is 66.7 Å². The number of methoxy groups -OCH3 is 1. The molecule has 0 radical (unpaired) electrons. The molecule has 1 amide bonds. The molecule has 2 unspecified atom stereocenters. The minimum absolute atomic E-state index is 0.132. The molecular weight excluding hydrogens is 561 g/mol. The van der Waals surface area contributed by atoms with Gasteiger partial charge in [-0.2, -0.15) is 5.26 Å². The summed E-state index contributed by atoms with van der Waals surface area (Å²) in [6.07, 6.45) is 2.46. The highest BCUT2D eigenvalue weighted by atomic mass is 19.1. The van der Waals surface area contributed by atoms with Crippen LogP contribution in [0.25, 0.3) is 28.3 Å². The lowest BCUT2D eigenvalue weighted by Gasteiger charge is -2.20. The molecule has 0 aliphatic carbocycles. The summed E-state index contributed by atoms with van der Waals surface area (Å²) in [7, 11) is 1.22. The Balaban J connectivity index is 1.99. The third kappa shape index (κ3) is 7.11. The Morgan fingerprint density at radius 3 is 2.11 bits per heavy atom. The van der Waals surface area contributed by atoms with E-state index in [0.29, 0.717) is 33.6 Å². The summed E-state index contributed by atoms with van der Waals surface area (Å²) in [6, 6.07) is 23.4. The van der Waals surface area contributed by atoms with E-state index in [4.69, 9.17) is 0 Å². The van der Waals surface area contributed by atoms with Crippen molar-refractivity contribution in [3.8, 4) is 28.4 Å². The van der Waals surface area contributed by atoms with Crippen molar-refractivity contribution in [3.05, 3.63) is 108 Å². The number of carbonyl (C=O) groups excluding carboxylic acids is 2. The summed E-state index contributed by atoms with van der Waals surface area (Å²) in [5.41, 5.74) is 3.60. The normalized spacial score (nSPS) is 12.6. The zero-order valence-corrected chi connectivity index (χ0v) is 24.7. The molecule has 0 saturated carbocycles. The first-order valence-electron chi connectivity index (χ1n) is 14.2. The maximum atomic E-state index is 14.4. The number of aromatic nitrogens is 1. The van der Waals surface area contributed by atoms with Gasteiger partial charge in [0.05, 0.1) is 31.4 Å². The van der Waals surface area contributed by atoms with Crippen LogP contribution in [-0.2, 0) is 9.53 Å². The monoisotopic (exact) mass is 595 g/mol. The average Bonchev–Trinajstić information content (AvgIpc) is 3.37. The summed E-state index contributed by atoms with van der Waals surface area (Å²) < 4.78 is 20.5. The molecule has 0 fully saturated rings. The van der Waals surface area contributed by atoms with Crippen LogP contribution in [0.2, 0.25) is 0 Å². The number of benzene rings is 3. The van der Waals surface area contributed by atoms with Crippen LogP contribution in [0.15, 0.2) is 91.0 Å². The van der Waals surface area contributed by atoms with Crippen LogP contribution in [0.4, 0.5) is 10.1 Å². The average molecular weight is 596 g/mol. The molecular formula is C35H34FN3O5. The summed E-state index contributed by atoms with van der Waals surface area (Å²) in [5.74, 6) is -1.60. The van der Waals surface area contributed by atoms with Gasteiger partial charge in [0, 0.05) is 29.3 Å². The van der Waals surface area contributed by atoms with Gasteiger partial charge in [0.2, 0.25) is 0 Å². The number of rotatable bonds is 11. The Morgan fingerprint density at radius 1 is 0.955 bits per heavy atom. The van der Waals surface area contributed by atoms with Crippen LogP contribution >= 0.6 is 0 Å². The van der Waals surface area contributed by atoms with E-state index in [2.05, 4.69) is 4.74 Å². The van der Waals surface area contributed by atoms with E-state index in [9.17, 15) is 29.5 Å². The second-order valence-corrected chi connectivity index (χ2v) is 10.5. The molecule has 4 aromatic rings. The first-order chi connectivity index (χ1) is 21.2. The van der Waals surface area contributed by atoms with E-state index >= 15 is 0 Å². The van der Waals surface area contributed by atoms with Crippen molar-refractivity contribution >= 4 is 23.6 Å². The first-order valence-corrected chi connectivity index (χ1v) is 14.2. The van der Waals surface area contributed by atoms with Gasteiger partial charge in [0.25, 0.3) is 5.91 Å². The van der Waals surface area contributed by atoms with Crippen LogP contribution in [0.5, 0.6) is 0 Å². The predicted molar refractivity (Wildman–Crippen MR) is 167 cm³/mol. The molecule has 1 heterocycles. The molecule has 0 saturated heterocycles. The van der Waals surface area contributed by atoms with E-state index in [1.807, 2.05) is 50.4 Å². The number of aliphatic hydroxyl groups is 2. The van der Waals surface area contributed by atoms with E-state index in [-0.39, 0.29) is 24.6 Å². The van der Waals surface area contributed by atoms with Gasteiger partial charge in [-0.3, -0.25) is 9.59 Å². The highest BCUT2D eigenvalue weighted by molar-refractivity contribution is 6.14. The molecule has 0 aliphatic heterocycles. The number of para-hydroxylation sites is 1. The minimum Gasteiger partial charge on any atom is -0.469 e. The van der Waals surface area contributed by atoms with Crippen LogP contribution in [-0.4, -0.2) is 46.0 Å². The van der Waals surface area contributed by atoms with Crippen molar-refractivity contribution in [3.63, 3.8) is 0 Å². The Labute approximate surface area is 255 Å². The standard InChI is InChI=1S/C35H34FN3O5/c1-23(2)39-30(19-18-28(40)20-29(41)21-31(42)44-3)32(25-14-16-26(36)17-15-25)33(24-10-6-4-7-11-24)34(39)35(43)38(22-37)27-12-8-5-9-13-27/h4-19,23,28-29,40-41H,20-21H2,1-3H3. The number of anilines is 1. The van der Waals surface area contributed by atoms with Gasteiger partial charge >= 0.3 is 5.97 Å². The molecule has 4 rings (SSSR count). The van der Waals surface area contributed by atoms with Gasteiger partial charge in [0.1, 0.15) is 11.5 Å². The van der Waals surface area contributed by atoms with Crippen LogP contribution in [0.1, 0.15) is 48.9 Å². The fourth-order valence-corrected chi connectivity index (χ4v) is 5.13. The Morgan fingerprint density at radius 2 is 1.55 bits per heavy atom. The Bertz CT molecular complexity index is 1660. The van der Waals surface area contributed by atoms with Crippen molar-refractivity contribution in [2.24, 2.45) is 0 Å². The molecule has 9 heteroatoms. The molecule has 44 heavy (non-hydrogen) atoms. The number of amides is 1. The summed E-state index contributed by atoms with van der Waals surface area (Å²) >= 11 is 0. The highest BCUT2D eigenvalue weighted by Gasteiger charge is 2.32. The second kappa shape index (κ2) is 14.4. The number of esters is 1. The maximum Gasteiger partial charge on any atom is 0.308 e. The van der Waals surface area contributed by atoms with E-state index in [0.717, 1.165) is 4.90 Å². The van der Waals surface area contributed by atoms with E-state index in [1.54, 1.807) is 53.1 Å². The van der Waals surface area contributed by atoms with Gasteiger partial charge in [-0.15, -0.1) is 0 Å². The molecule has 2 N–H and O–H groups in total. The lowest BCUT2D eigenvalue weighted by atomic mass is 9.94. The number of ether oxygens (including phenoxy) is 1. The minimum atomic E-state index is -1.15. The number of carbonyl (C=O) groups is 2. The smallest absolute Gasteiger partial charge is 0.308 e. The largest absolute Gasteiger partial charge is 0.469 e. The molecule has 1 aromatic heterocycles. The Hall–Kier alpha value is -5.04. The summed E-state index contributed by atoms with van der Waals surface area (Å²) in [4.78, 5) is 27.0. The molecule has 0 bridgehead atoms. The number of aliphatic hydroxyl groups excluding tert-OH is 2. The van der Waals surface area contributed by atoms with Crippen molar-refractivity contribution in [1.82, 2.24) is 4.57 Å².